The highest BCUT2D eigenvalue weighted by molar-refractivity contribution is 7.13. The Morgan fingerprint density at radius 3 is 2.89 bits per heavy atom. The Morgan fingerprint density at radius 2 is 2.11 bits per heavy atom. The van der Waals surface area contributed by atoms with E-state index in [2.05, 4.69) is 32.0 Å². The van der Waals surface area contributed by atoms with Gasteiger partial charge in [0.15, 0.2) is 5.82 Å². The fourth-order valence-electron chi connectivity index (χ4n) is 5.13. The number of halogens is 1. The largest absolute Gasteiger partial charge is 0.367 e. The average Bonchev–Trinajstić information content (AvgIpc) is 3.67. The van der Waals surface area contributed by atoms with Crippen LogP contribution in [-0.4, -0.2) is 61.3 Å². The number of nitrogens with zero attached hydrogens (tertiary/aromatic N) is 6. The van der Waals surface area contributed by atoms with Crippen LogP contribution < -0.4 is 16.0 Å². The highest BCUT2D eigenvalue weighted by atomic mass is 35.5. The van der Waals surface area contributed by atoms with Gasteiger partial charge in [-0.25, -0.2) is 19.9 Å². The summed E-state index contributed by atoms with van der Waals surface area (Å²) in [4.78, 5) is 34.3. The Balaban J connectivity index is 1.23. The molecule has 0 spiro atoms. The number of nitrogens with one attached hydrogen (secondary N) is 3. The number of likely N-dealkylation sites (N-methyl/N-ethyl adjacent to an activating group) is 1. The molecule has 3 aromatic rings. The molecule has 5 heterocycles. The number of aliphatic imine (C=N–C) groups is 1. The van der Waals surface area contributed by atoms with Crippen LogP contribution >= 0.6 is 22.9 Å². The first-order valence-corrected chi connectivity index (χ1v) is 13.8. The smallest absolute Gasteiger partial charge is 0.271 e. The molecule has 196 valence electrons. The molecular formula is C26H28ClN9OS. The van der Waals surface area contributed by atoms with E-state index < -0.39 is 0 Å². The molecule has 3 aliphatic rings. The minimum atomic E-state index is -0.181. The number of carbonyl (C=O) groups excluding carboxylic acids is 1. The first-order chi connectivity index (χ1) is 18.4. The average molecular weight is 550 g/mol. The molecule has 38 heavy (non-hydrogen) atoms. The number of aryl methyl sites for hydroxylation is 1. The lowest BCUT2D eigenvalue weighted by Gasteiger charge is -2.32. The van der Waals surface area contributed by atoms with Crippen molar-refractivity contribution >= 4 is 46.1 Å². The van der Waals surface area contributed by atoms with E-state index in [0.717, 1.165) is 53.5 Å². The van der Waals surface area contributed by atoms with Crippen molar-refractivity contribution in [2.75, 3.05) is 12.4 Å². The third-order valence-electron chi connectivity index (χ3n) is 7.02. The molecule has 2 aliphatic heterocycles. The lowest BCUT2D eigenvalue weighted by molar-refractivity contribution is 0.0921. The predicted octanol–water partition coefficient (Wildman–Crippen LogP) is 3.79. The van der Waals surface area contributed by atoms with E-state index in [1.807, 2.05) is 42.7 Å². The van der Waals surface area contributed by atoms with Gasteiger partial charge in [-0.15, -0.1) is 11.3 Å². The summed E-state index contributed by atoms with van der Waals surface area (Å²) in [6.07, 6.45) is 10.7. The molecule has 1 aliphatic carbocycles. The second-order valence-corrected chi connectivity index (χ2v) is 11.1. The van der Waals surface area contributed by atoms with Gasteiger partial charge < -0.3 is 25.4 Å². The number of thiophene rings is 1. The molecule has 0 bridgehead atoms. The summed E-state index contributed by atoms with van der Waals surface area (Å²) in [6, 6.07) is 6.13. The summed E-state index contributed by atoms with van der Waals surface area (Å²) in [5.74, 6) is 2.02. The zero-order valence-corrected chi connectivity index (χ0v) is 22.6. The minimum absolute atomic E-state index is 0.0678. The molecule has 3 atom stereocenters. The molecule has 12 heteroatoms. The van der Waals surface area contributed by atoms with Gasteiger partial charge in [-0.1, -0.05) is 17.7 Å². The van der Waals surface area contributed by atoms with Crippen LogP contribution in [0.15, 0.2) is 58.7 Å². The monoisotopic (exact) mass is 549 g/mol. The molecule has 10 nitrogen and oxygen atoms in total. The molecule has 3 unspecified atom stereocenters. The van der Waals surface area contributed by atoms with Crippen molar-refractivity contribution in [2.24, 2.45) is 12.0 Å². The number of hydrogen-bond donors (Lipinski definition) is 3. The lowest BCUT2D eigenvalue weighted by atomic mass is 9.91. The van der Waals surface area contributed by atoms with Crippen molar-refractivity contribution in [3.63, 3.8) is 0 Å². The Labute approximate surface area is 229 Å². The van der Waals surface area contributed by atoms with Crippen molar-refractivity contribution in [1.29, 1.82) is 0 Å². The summed E-state index contributed by atoms with van der Waals surface area (Å²) < 4.78 is 1.77. The van der Waals surface area contributed by atoms with E-state index in [9.17, 15) is 4.79 Å². The van der Waals surface area contributed by atoms with Crippen LogP contribution in [0.4, 0.5) is 5.82 Å². The standard InChI is InChI=1S/C26H28ClN9OS/c1-35-13-19(30-14-35)26(37)32-16-6-3-5-15(9-16)31-22-10-18(20-7-4-8-38-20)33-24(34-22)17-11-28-25-23(17)36(2)21(27)12-29-25/h4,7-8,10-16,23H,3,5-6,9H2,1-2H3,(H,28,29)(H,32,37)(H,31,33,34). The molecule has 3 aromatic heterocycles. The quantitative estimate of drug-likeness (QED) is 0.401. The van der Waals surface area contributed by atoms with Crippen LogP contribution in [0.25, 0.3) is 16.1 Å². The number of amidine groups is 1. The topological polar surface area (TPSA) is 112 Å². The number of fused-ring (bicyclic) bond motifs is 1. The van der Waals surface area contributed by atoms with Gasteiger partial charge in [0.1, 0.15) is 28.5 Å². The number of carbonyl (C=O) groups is 1. The van der Waals surface area contributed by atoms with Crippen molar-refractivity contribution < 1.29 is 4.79 Å². The van der Waals surface area contributed by atoms with Gasteiger partial charge in [-0.05, 0) is 37.1 Å². The van der Waals surface area contributed by atoms with E-state index >= 15 is 0 Å². The van der Waals surface area contributed by atoms with Gasteiger partial charge in [0.25, 0.3) is 5.91 Å². The third kappa shape index (κ3) is 4.91. The fourth-order valence-corrected chi connectivity index (χ4v) is 5.96. The molecule has 6 rings (SSSR count). The molecule has 1 fully saturated rings. The van der Waals surface area contributed by atoms with E-state index in [0.29, 0.717) is 16.7 Å². The van der Waals surface area contributed by atoms with E-state index in [4.69, 9.17) is 21.6 Å². The Hall–Kier alpha value is -3.70. The zero-order chi connectivity index (χ0) is 26.2. The second kappa shape index (κ2) is 10.2. The SMILES string of the molecule is CN1C(Cl)=CNC2=NC=C(c3nc(NC4CCCC(NC(=O)c5cn(C)cn5)C4)cc(-c4cccs4)n3)C21. The van der Waals surface area contributed by atoms with Crippen molar-refractivity contribution in [3.05, 3.63) is 65.2 Å². The van der Waals surface area contributed by atoms with Crippen molar-refractivity contribution in [2.45, 2.75) is 43.8 Å². The van der Waals surface area contributed by atoms with Gasteiger partial charge in [0, 0.05) is 56.4 Å². The highest BCUT2D eigenvalue weighted by Crippen LogP contribution is 2.33. The first kappa shape index (κ1) is 24.6. The van der Waals surface area contributed by atoms with Gasteiger partial charge in [0.05, 0.1) is 16.9 Å². The first-order valence-electron chi connectivity index (χ1n) is 12.6. The summed E-state index contributed by atoms with van der Waals surface area (Å²) in [5.41, 5.74) is 2.17. The van der Waals surface area contributed by atoms with Crippen molar-refractivity contribution in [1.82, 2.24) is 35.1 Å². The summed E-state index contributed by atoms with van der Waals surface area (Å²) in [5, 5.41) is 12.6. The number of hydrogen-bond acceptors (Lipinski definition) is 9. The van der Waals surface area contributed by atoms with Crippen LogP contribution in [0, 0.1) is 0 Å². The number of amides is 1. The summed E-state index contributed by atoms with van der Waals surface area (Å²) in [7, 11) is 3.79. The third-order valence-corrected chi connectivity index (χ3v) is 8.28. The van der Waals surface area contributed by atoms with E-state index in [1.165, 1.54) is 0 Å². The van der Waals surface area contributed by atoms with Crippen LogP contribution in [0.2, 0.25) is 0 Å². The molecule has 0 radical (unpaired) electrons. The minimum Gasteiger partial charge on any atom is -0.367 e. The summed E-state index contributed by atoms with van der Waals surface area (Å²) in [6.45, 7) is 0. The van der Waals surface area contributed by atoms with Crippen LogP contribution in [-0.2, 0) is 7.05 Å². The van der Waals surface area contributed by atoms with Crippen LogP contribution in [0.5, 0.6) is 0 Å². The zero-order valence-electron chi connectivity index (χ0n) is 21.1. The maximum absolute atomic E-state index is 12.7. The Kier molecular flexibility index (Phi) is 6.62. The van der Waals surface area contributed by atoms with Gasteiger partial charge in [-0.2, -0.15) is 0 Å². The number of rotatable bonds is 6. The predicted molar refractivity (Wildman–Crippen MR) is 150 cm³/mol. The Morgan fingerprint density at radius 1 is 1.24 bits per heavy atom. The van der Waals surface area contributed by atoms with Gasteiger partial charge in [-0.3, -0.25) is 4.79 Å². The van der Waals surface area contributed by atoms with E-state index in [-0.39, 0.29) is 24.0 Å². The van der Waals surface area contributed by atoms with Gasteiger partial charge >= 0.3 is 0 Å². The molecule has 0 saturated heterocycles. The van der Waals surface area contributed by atoms with Gasteiger partial charge in [0.2, 0.25) is 0 Å². The lowest BCUT2D eigenvalue weighted by Crippen LogP contribution is -2.45. The molecule has 1 amide bonds. The van der Waals surface area contributed by atoms with E-state index in [1.54, 1.807) is 34.6 Å². The van der Waals surface area contributed by atoms with Crippen LogP contribution in [0.1, 0.15) is 42.0 Å². The molecule has 1 saturated carbocycles. The molecule has 3 N–H and O–H groups in total. The molecule has 0 aromatic carbocycles. The maximum Gasteiger partial charge on any atom is 0.271 e. The highest BCUT2D eigenvalue weighted by Gasteiger charge is 2.35. The normalized spacial score (nSPS) is 22.7. The fraction of sp³-hybridized carbons (Fsp3) is 0.346. The number of imidazole rings is 1. The second-order valence-electron chi connectivity index (χ2n) is 9.77. The maximum atomic E-state index is 12.7. The molecular weight excluding hydrogens is 522 g/mol. The van der Waals surface area contributed by atoms with Crippen LogP contribution in [0.3, 0.4) is 0 Å². The Bertz CT molecular complexity index is 1440. The number of anilines is 1. The number of aromatic nitrogens is 4. The summed E-state index contributed by atoms with van der Waals surface area (Å²) >= 11 is 8.04. The van der Waals surface area contributed by atoms with Crippen molar-refractivity contribution in [3.8, 4) is 10.6 Å².